The highest BCUT2D eigenvalue weighted by Crippen LogP contribution is 2.54. The average molecular weight is 919 g/mol. The highest BCUT2D eigenvalue weighted by molar-refractivity contribution is 7.43. The van der Waals surface area contributed by atoms with Gasteiger partial charge in [0.2, 0.25) is 0 Å². The maximum absolute atomic E-state index is 7.36. The summed E-state index contributed by atoms with van der Waals surface area (Å²) in [6.07, 6.45) is 19.1. The van der Waals surface area contributed by atoms with Gasteiger partial charge in [0.1, 0.15) is 34.5 Å². The van der Waals surface area contributed by atoms with Crippen molar-refractivity contribution in [3.63, 3.8) is 0 Å². The zero-order chi connectivity index (χ0) is 45.0. The summed E-state index contributed by atoms with van der Waals surface area (Å²) in [5.74, 6) is 4.92. The van der Waals surface area contributed by atoms with E-state index in [4.69, 9.17) is 27.1 Å². The molecule has 0 amide bonds. The summed E-state index contributed by atoms with van der Waals surface area (Å²) in [7, 11) is -3.93. The second-order valence-electron chi connectivity index (χ2n) is 18.7. The Bertz CT molecular complexity index is 2400. The van der Waals surface area contributed by atoms with Crippen molar-refractivity contribution in [3.8, 4) is 45.6 Å². The van der Waals surface area contributed by atoms with E-state index < -0.39 is 17.2 Å². The van der Waals surface area contributed by atoms with E-state index in [2.05, 4.69) is 125 Å². The number of hydrogen-bond acceptors (Lipinski definition) is 6. The number of benzene rings is 6. The van der Waals surface area contributed by atoms with Crippen LogP contribution >= 0.6 is 17.2 Å². The maximum atomic E-state index is 7.36. The molecule has 6 aromatic rings. The molecular weight excluding hydrogens is 855 g/mol. The van der Waals surface area contributed by atoms with Gasteiger partial charge >= 0.3 is 17.2 Å². The zero-order valence-corrected chi connectivity index (χ0v) is 41.1. The summed E-state index contributed by atoms with van der Waals surface area (Å²) in [6, 6.07) is 34.8. The summed E-state index contributed by atoms with van der Waals surface area (Å²) in [6.45, 7) is 8.73. The van der Waals surface area contributed by atoms with Crippen LogP contribution in [0.2, 0.25) is 0 Å². The molecule has 8 heteroatoms. The van der Waals surface area contributed by atoms with Crippen LogP contribution in [0.15, 0.2) is 97.1 Å². The van der Waals surface area contributed by atoms with Gasteiger partial charge in [-0.1, -0.05) is 74.5 Å². The molecule has 0 bridgehead atoms. The van der Waals surface area contributed by atoms with Gasteiger partial charge in [-0.3, -0.25) is 0 Å². The van der Waals surface area contributed by atoms with E-state index in [0.29, 0.717) is 0 Å². The van der Waals surface area contributed by atoms with Crippen molar-refractivity contribution in [2.75, 3.05) is 0 Å². The molecule has 4 aliphatic rings. The third kappa shape index (κ3) is 9.70. The van der Waals surface area contributed by atoms with Gasteiger partial charge in [-0.25, -0.2) is 0 Å². The summed E-state index contributed by atoms with van der Waals surface area (Å²) in [5.41, 5.74) is 16.9. The van der Waals surface area contributed by atoms with E-state index in [-0.39, 0.29) is 0 Å². The van der Waals surface area contributed by atoms with Gasteiger partial charge in [0.15, 0.2) is 0 Å². The molecule has 10 rings (SSSR count). The first-order chi connectivity index (χ1) is 32.4. The van der Waals surface area contributed by atoms with E-state index in [9.17, 15) is 0 Å². The third-order valence-electron chi connectivity index (χ3n) is 14.1. The van der Waals surface area contributed by atoms with Crippen LogP contribution in [-0.2, 0) is 64.2 Å². The van der Waals surface area contributed by atoms with Crippen molar-refractivity contribution in [2.24, 2.45) is 0 Å². The van der Waals surface area contributed by atoms with Crippen LogP contribution in [0.4, 0.5) is 0 Å². The Kier molecular flexibility index (Phi) is 13.9. The van der Waals surface area contributed by atoms with Crippen LogP contribution in [0.1, 0.15) is 132 Å². The first-order valence-electron chi connectivity index (χ1n) is 24.8. The average Bonchev–Trinajstić information content (AvgIpc) is 3.35. The number of rotatable bonds is 15. The molecule has 0 atom stereocenters. The Morgan fingerprint density at radius 1 is 0.364 bits per heavy atom. The largest absolute Gasteiger partial charge is 0.530 e. The third-order valence-corrected chi connectivity index (χ3v) is 16.2. The number of aryl methyl sites for hydroxylation is 8. The lowest BCUT2D eigenvalue weighted by Gasteiger charge is -2.28. The summed E-state index contributed by atoms with van der Waals surface area (Å²) >= 11 is 0. The van der Waals surface area contributed by atoms with Gasteiger partial charge in [0, 0.05) is 11.1 Å². The molecule has 0 radical (unpaired) electrons. The monoisotopic (exact) mass is 918 g/mol. The van der Waals surface area contributed by atoms with Crippen LogP contribution in [-0.4, -0.2) is 0 Å². The van der Waals surface area contributed by atoms with Gasteiger partial charge in [0.05, 0.1) is 0 Å². The van der Waals surface area contributed by atoms with Gasteiger partial charge in [-0.2, -0.15) is 0 Å². The van der Waals surface area contributed by atoms with E-state index >= 15 is 0 Å². The molecule has 0 saturated carbocycles. The number of hydrogen-bond donors (Lipinski definition) is 0. The lowest BCUT2D eigenvalue weighted by Crippen LogP contribution is -2.11. The second kappa shape index (κ2) is 20.5. The van der Waals surface area contributed by atoms with Crippen molar-refractivity contribution in [3.05, 3.63) is 164 Å². The van der Waals surface area contributed by atoms with E-state index in [1.54, 1.807) is 0 Å². The topological polar surface area (TPSA) is 55.4 Å². The Morgan fingerprint density at radius 2 is 0.652 bits per heavy atom. The molecule has 0 saturated heterocycles. The SMILES string of the molecule is CCc1cc(C)cc(-c2cc(C)cc(CC)c2OP(Oc2cccc3c2CCCC3)Oc2cccc3c2CCCC3)c1OP(Oc1cccc2c1CCCC2)Oc1cccc2c1CCCC2. The minimum absolute atomic E-state index is 0.752. The Morgan fingerprint density at radius 3 is 0.939 bits per heavy atom. The Balaban J connectivity index is 1.08. The van der Waals surface area contributed by atoms with E-state index in [0.717, 1.165) is 158 Å². The molecule has 4 aliphatic carbocycles. The predicted octanol–water partition coefficient (Wildman–Crippen LogP) is 16.1. The molecule has 6 aromatic carbocycles. The Labute approximate surface area is 395 Å². The molecule has 6 nitrogen and oxygen atoms in total. The van der Waals surface area contributed by atoms with Crippen molar-refractivity contribution in [1.29, 1.82) is 0 Å². The summed E-state index contributed by atoms with van der Waals surface area (Å²) in [4.78, 5) is 0. The lowest BCUT2D eigenvalue weighted by molar-refractivity contribution is 0.378. The minimum atomic E-state index is -1.97. The van der Waals surface area contributed by atoms with Crippen LogP contribution in [0.25, 0.3) is 11.1 Å². The normalized spacial score (nSPS) is 15.3. The van der Waals surface area contributed by atoms with Crippen LogP contribution < -0.4 is 27.1 Å². The van der Waals surface area contributed by atoms with Gasteiger partial charge in [0.25, 0.3) is 0 Å². The fourth-order valence-electron chi connectivity index (χ4n) is 10.7. The fourth-order valence-corrected chi connectivity index (χ4v) is 13.0. The molecule has 0 fully saturated rings. The molecule has 0 spiro atoms. The quantitative estimate of drug-likeness (QED) is 0.0957. The maximum Gasteiger partial charge on any atom is 0.530 e. The molecule has 342 valence electrons. The van der Waals surface area contributed by atoms with Crippen LogP contribution in [0, 0.1) is 13.8 Å². The molecule has 0 unspecified atom stereocenters. The van der Waals surface area contributed by atoms with Crippen LogP contribution in [0.3, 0.4) is 0 Å². The molecule has 66 heavy (non-hydrogen) atoms. The van der Waals surface area contributed by atoms with Crippen molar-refractivity contribution >= 4 is 17.2 Å². The molecule has 0 N–H and O–H groups in total. The first-order valence-corrected chi connectivity index (χ1v) is 27.0. The smallest absolute Gasteiger partial charge is 0.408 e. The van der Waals surface area contributed by atoms with Gasteiger partial charge in [-0.05, 0) is 233 Å². The number of fused-ring (bicyclic) bond motifs is 4. The van der Waals surface area contributed by atoms with E-state index in [1.165, 1.54) is 70.2 Å². The molecular formula is C58H64O6P2. The van der Waals surface area contributed by atoms with Crippen molar-refractivity contribution in [2.45, 2.75) is 143 Å². The standard InChI is InChI=1S/C58H64O6P2/c1-5-41-35-39(3)37-51(57(41)63-65(59-53-31-15-23-43-19-7-11-27-47(43)53)60-54-32-16-24-44-20-8-12-28-48(44)54)52-38-40(4)36-42(6-2)58(52)64-66(61-55-33-17-25-45-21-9-13-29-49(45)55)62-56-34-18-26-46-22-10-14-30-50(46)56/h15-18,23-26,31-38H,5-14,19-22,27-30H2,1-4H3. The minimum Gasteiger partial charge on any atom is -0.408 e. The molecule has 0 heterocycles. The molecule has 0 aliphatic heterocycles. The first kappa shape index (κ1) is 44.8. The fraction of sp³-hybridized carbons (Fsp3) is 0.379. The van der Waals surface area contributed by atoms with Crippen LogP contribution in [0.5, 0.6) is 34.5 Å². The molecule has 0 aromatic heterocycles. The van der Waals surface area contributed by atoms with Crippen molar-refractivity contribution in [1.82, 2.24) is 0 Å². The predicted molar refractivity (Wildman–Crippen MR) is 270 cm³/mol. The highest BCUT2D eigenvalue weighted by atomic mass is 31.2. The van der Waals surface area contributed by atoms with Gasteiger partial charge < -0.3 is 27.1 Å². The zero-order valence-electron chi connectivity index (χ0n) is 39.3. The van der Waals surface area contributed by atoms with Crippen molar-refractivity contribution < 1.29 is 27.1 Å². The highest BCUT2D eigenvalue weighted by Gasteiger charge is 2.32. The van der Waals surface area contributed by atoms with E-state index in [1.807, 2.05) is 0 Å². The Hall–Kier alpha value is -5.02. The second-order valence-corrected chi connectivity index (χ2v) is 20.7. The summed E-state index contributed by atoms with van der Waals surface area (Å²) in [5, 5.41) is 0. The lowest BCUT2D eigenvalue weighted by atomic mass is 9.91. The van der Waals surface area contributed by atoms with Gasteiger partial charge in [-0.15, -0.1) is 0 Å². The summed E-state index contributed by atoms with van der Waals surface area (Å²) < 4.78 is 43.0.